The molecule has 2 rings (SSSR count). The van der Waals surface area contributed by atoms with E-state index in [0.29, 0.717) is 12.2 Å². The first-order valence-corrected chi connectivity index (χ1v) is 9.17. The highest BCUT2D eigenvalue weighted by Crippen LogP contribution is 2.40. The van der Waals surface area contributed by atoms with E-state index in [1.807, 2.05) is 0 Å². The highest BCUT2D eigenvalue weighted by Gasteiger charge is 2.43. The maximum atomic E-state index is 5.57. The van der Waals surface area contributed by atoms with Crippen LogP contribution < -0.4 is 0 Å². The fraction of sp³-hybridized carbons (Fsp3) is 1.00. The highest BCUT2D eigenvalue weighted by molar-refractivity contribution is 6.41. The Morgan fingerprint density at radius 1 is 1.36 bits per heavy atom. The van der Waals surface area contributed by atoms with E-state index in [1.165, 1.54) is 31.7 Å². The maximum absolute atomic E-state index is 5.57. The predicted molar refractivity (Wildman–Crippen MR) is 64.6 cm³/mol. The minimum atomic E-state index is -0.530. The van der Waals surface area contributed by atoms with Crippen LogP contribution in [-0.2, 0) is 13.0 Å². The lowest BCUT2D eigenvalue weighted by Crippen LogP contribution is -2.15. The minimum absolute atomic E-state index is 0.230. The van der Waals surface area contributed by atoms with Gasteiger partial charge in [0.15, 0.2) is 0 Å². The van der Waals surface area contributed by atoms with Gasteiger partial charge in [0.25, 0.3) is 10.0 Å². The van der Waals surface area contributed by atoms with Crippen molar-refractivity contribution in [2.45, 2.75) is 43.9 Å². The zero-order valence-electron chi connectivity index (χ0n) is 8.91. The predicted octanol–water partition coefficient (Wildman–Crippen LogP) is -1.24. The molecule has 0 aromatic carbocycles. The molecule has 14 heavy (non-hydrogen) atoms. The lowest BCUT2D eigenvalue weighted by atomic mass is 9.88. The van der Waals surface area contributed by atoms with Crippen LogP contribution in [0.5, 0.6) is 0 Å². The summed E-state index contributed by atoms with van der Waals surface area (Å²) in [6.45, 7) is 0. The summed E-state index contributed by atoms with van der Waals surface area (Å²) in [5, 5.41) is 0. The maximum Gasteiger partial charge on any atom is 0.282 e. The average Bonchev–Trinajstić information content (AvgIpc) is 2.95. The second kappa shape index (κ2) is 5.57. The molecule has 0 spiro atoms. The molecule has 1 aliphatic carbocycles. The van der Waals surface area contributed by atoms with Gasteiger partial charge in [-0.15, -0.1) is 0 Å². The fourth-order valence-corrected chi connectivity index (χ4v) is 6.56. The quantitative estimate of drug-likeness (QED) is 0.335. The Bertz CT molecular complexity index is 181. The molecule has 82 valence electrons. The third kappa shape index (κ3) is 3.28. The van der Waals surface area contributed by atoms with Gasteiger partial charge in [-0.2, -0.15) is 0 Å². The van der Waals surface area contributed by atoms with E-state index in [2.05, 4.69) is 0 Å². The van der Waals surface area contributed by atoms with Gasteiger partial charge in [-0.1, -0.05) is 6.42 Å². The van der Waals surface area contributed by atoms with Crippen LogP contribution in [0.1, 0.15) is 25.7 Å². The van der Waals surface area contributed by atoms with Gasteiger partial charge in [-0.3, -0.25) is 0 Å². The standard InChI is InChI=1S/C8H20O3Si3/c12-10-14-11-13-4-3-6-1-2-7-8(5-6)9-7/h6-8H,1-5,13-14H2,12H3. The molecule has 1 heterocycles. The summed E-state index contributed by atoms with van der Waals surface area (Å²) in [6.07, 6.45) is 6.73. The van der Waals surface area contributed by atoms with Crippen molar-refractivity contribution in [2.24, 2.45) is 5.92 Å². The van der Waals surface area contributed by atoms with Crippen molar-refractivity contribution in [2.75, 3.05) is 0 Å². The molecule has 0 aromatic heterocycles. The molecule has 2 aliphatic rings. The first-order chi connectivity index (χ1) is 6.90. The number of rotatable bonds is 6. The lowest BCUT2D eigenvalue weighted by molar-refractivity contribution is 0.356. The number of ether oxygens (including phenoxy) is 1. The second-order valence-corrected chi connectivity index (χ2v) is 9.64. The van der Waals surface area contributed by atoms with Gasteiger partial charge >= 0.3 is 0 Å². The Kier molecular flexibility index (Phi) is 4.39. The monoisotopic (exact) mass is 248 g/mol. The molecular weight excluding hydrogens is 228 g/mol. The van der Waals surface area contributed by atoms with Crippen molar-refractivity contribution in [1.29, 1.82) is 0 Å². The molecule has 0 radical (unpaired) electrons. The molecule has 0 N–H and O–H groups in total. The summed E-state index contributed by atoms with van der Waals surface area (Å²) in [7, 11) is 0.0995. The topological polar surface area (TPSA) is 31.0 Å². The number of hydrogen-bond donors (Lipinski definition) is 0. The SMILES string of the molecule is [SiH3]O[SiH2]O[SiH2]CCC1CCC2OC2C1. The Morgan fingerprint density at radius 2 is 2.29 bits per heavy atom. The van der Waals surface area contributed by atoms with Crippen LogP contribution in [-0.4, -0.2) is 42.5 Å². The van der Waals surface area contributed by atoms with Gasteiger partial charge in [0.2, 0.25) is 0 Å². The van der Waals surface area contributed by atoms with E-state index in [1.54, 1.807) is 0 Å². The van der Waals surface area contributed by atoms with Crippen molar-refractivity contribution >= 4 is 30.3 Å². The normalized spacial score (nSPS) is 37.3. The smallest absolute Gasteiger partial charge is 0.282 e. The van der Waals surface area contributed by atoms with Crippen LogP contribution in [0.25, 0.3) is 0 Å². The van der Waals surface area contributed by atoms with Crippen LogP contribution in [0.2, 0.25) is 6.04 Å². The number of fused-ring (bicyclic) bond motifs is 1. The van der Waals surface area contributed by atoms with Gasteiger partial charge in [-0.05, 0) is 31.2 Å². The Labute approximate surface area is 93.4 Å². The molecule has 0 amide bonds. The van der Waals surface area contributed by atoms with Gasteiger partial charge in [0.05, 0.1) is 12.2 Å². The minimum Gasteiger partial charge on any atom is -0.449 e. The van der Waals surface area contributed by atoms with Crippen LogP contribution in [0.15, 0.2) is 0 Å². The zero-order valence-corrected chi connectivity index (χ0v) is 13.7. The van der Waals surface area contributed by atoms with E-state index in [0.717, 1.165) is 16.4 Å². The Morgan fingerprint density at radius 3 is 3.07 bits per heavy atom. The van der Waals surface area contributed by atoms with Crippen LogP contribution in [0, 0.1) is 5.92 Å². The molecule has 3 atom stereocenters. The van der Waals surface area contributed by atoms with Crippen LogP contribution in [0.4, 0.5) is 0 Å². The lowest BCUT2D eigenvalue weighted by Gasteiger charge is -2.18. The molecule has 1 saturated carbocycles. The van der Waals surface area contributed by atoms with E-state index in [4.69, 9.17) is 13.0 Å². The Balaban J connectivity index is 1.48. The third-order valence-corrected chi connectivity index (χ3v) is 6.68. The van der Waals surface area contributed by atoms with E-state index >= 15 is 0 Å². The van der Waals surface area contributed by atoms with E-state index < -0.39 is 10.0 Å². The first kappa shape index (κ1) is 11.0. The van der Waals surface area contributed by atoms with Crippen molar-refractivity contribution in [3.8, 4) is 0 Å². The third-order valence-electron chi connectivity index (χ3n) is 3.21. The highest BCUT2D eigenvalue weighted by atomic mass is 28.3. The summed E-state index contributed by atoms with van der Waals surface area (Å²) in [5.74, 6) is 0.938. The van der Waals surface area contributed by atoms with Gasteiger partial charge in [0.1, 0.15) is 20.2 Å². The molecule has 1 saturated heterocycles. The number of epoxide rings is 1. The van der Waals surface area contributed by atoms with Crippen LogP contribution in [0.3, 0.4) is 0 Å². The molecule has 0 aromatic rings. The second-order valence-electron chi connectivity index (χ2n) is 4.35. The van der Waals surface area contributed by atoms with Gasteiger partial charge in [0, 0.05) is 0 Å². The molecular formula is C8H20O3Si3. The van der Waals surface area contributed by atoms with E-state index in [9.17, 15) is 0 Å². The largest absolute Gasteiger partial charge is 0.449 e. The van der Waals surface area contributed by atoms with Crippen molar-refractivity contribution in [3.63, 3.8) is 0 Å². The molecule has 2 fully saturated rings. The van der Waals surface area contributed by atoms with Crippen LogP contribution >= 0.6 is 0 Å². The molecule has 3 nitrogen and oxygen atoms in total. The summed E-state index contributed by atoms with van der Waals surface area (Å²) >= 11 is 0. The zero-order chi connectivity index (χ0) is 9.80. The molecule has 0 bridgehead atoms. The average molecular weight is 249 g/mol. The molecule has 3 unspecified atom stereocenters. The van der Waals surface area contributed by atoms with Gasteiger partial charge < -0.3 is 13.0 Å². The van der Waals surface area contributed by atoms with Gasteiger partial charge in [-0.25, -0.2) is 0 Å². The summed E-state index contributed by atoms with van der Waals surface area (Å²) in [4.78, 5) is 0. The summed E-state index contributed by atoms with van der Waals surface area (Å²) < 4.78 is 16.2. The van der Waals surface area contributed by atoms with Crippen molar-refractivity contribution in [3.05, 3.63) is 0 Å². The summed E-state index contributed by atoms with van der Waals surface area (Å²) in [6, 6.07) is 1.35. The van der Waals surface area contributed by atoms with Crippen molar-refractivity contribution < 1.29 is 13.0 Å². The molecule has 6 heteroatoms. The van der Waals surface area contributed by atoms with E-state index in [-0.39, 0.29) is 9.76 Å². The summed E-state index contributed by atoms with van der Waals surface area (Å²) in [5.41, 5.74) is 0. The molecule has 1 aliphatic heterocycles. The fourth-order valence-electron chi connectivity index (χ4n) is 2.37. The number of hydrogen-bond acceptors (Lipinski definition) is 3. The Hall–Kier alpha value is 0.531. The van der Waals surface area contributed by atoms with Crippen molar-refractivity contribution in [1.82, 2.24) is 0 Å². The first-order valence-electron chi connectivity index (χ1n) is 5.62.